The molecular formula is C8H11NS. The van der Waals surface area contributed by atoms with E-state index in [0.29, 0.717) is 12.0 Å². The molecule has 0 aliphatic heterocycles. The van der Waals surface area contributed by atoms with E-state index in [0.717, 1.165) is 0 Å². The molecule has 1 saturated carbocycles. The molecule has 2 N–H and O–H groups in total. The maximum atomic E-state index is 5.73. The van der Waals surface area contributed by atoms with Crippen molar-refractivity contribution in [3.05, 3.63) is 21.9 Å². The first-order chi connectivity index (χ1) is 4.79. The monoisotopic (exact) mass is 153 g/mol. The Balaban J connectivity index is 2.26. The third-order valence-electron chi connectivity index (χ3n) is 2.13. The maximum Gasteiger partial charge on any atom is 0.0115 e. The van der Waals surface area contributed by atoms with Crippen LogP contribution in [0.3, 0.4) is 0 Å². The van der Waals surface area contributed by atoms with Crippen molar-refractivity contribution in [2.45, 2.75) is 25.3 Å². The normalized spacial score (nSPS) is 30.6. The molecule has 54 valence electrons. The summed E-state index contributed by atoms with van der Waals surface area (Å²) in [6.45, 7) is 2.16. The van der Waals surface area contributed by atoms with Crippen molar-refractivity contribution >= 4 is 11.3 Å². The SMILES string of the molecule is Cc1cscc1[C@@H]1C[C@H]1N. The van der Waals surface area contributed by atoms with E-state index in [4.69, 9.17) is 5.73 Å². The van der Waals surface area contributed by atoms with Gasteiger partial charge in [0.1, 0.15) is 0 Å². The minimum absolute atomic E-state index is 0.452. The average molecular weight is 153 g/mol. The highest BCUT2D eigenvalue weighted by molar-refractivity contribution is 7.08. The highest BCUT2D eigenvalue weighted by Crippen LogP contribution is 2.41. The van der Waals surface area contributed by atoms with Gasteiger partial charge in [-0.05, 0) is 35.2 Å². The summed E-state index contributed by atoms with van der Waals surface area (Å²) in [5, 5.41) is 4.42. The molecule has 0 aromatic carbocycles. The summed E-state index contributed by atoms with van der Waals surface area (Å²) in [7, 11) is 0. The second-order valence-corrected chi connectivity index (χ2v) is 3.76. The third-order valence-corrected chi connectivity index (χ3v) is 3.01. The molecule has 2 atom stereocenters. The first kappa shape index (κ1) is 6.38. The molecule has 2 rings (SSSR count). The molecular weight excluding hydrogens is 142 g/mol. The van der Waals surface area contributed by atoms with Crippen LogP contribution in [-0.4, -0.2) is 6.04 Å². The predicted molar refractivity (Wildman–Crippen MR) is 44.4 cm³/mol. The van der Waals surface area contributed by atoms with Crippen LogP contribution in [-0.2, 0) is 0 Å². The third kappa shape index (κ3) is 0.879. The van der Waals surface area contributed by atoms with Crippen LogP contribution < -0.4 is 5.73 Å². The molecule has 1 aliphatic carbocycles. The molecule has 2 heteroatoms. The van der Waals surface area contributed by atoms with Crippen molar-refractivity contribution < 1.29 is 0 Å². The van der Waals surface area contributed by atoms with Crippen LogP contribution >= 0.6 is 11.3 Å². The van der Waals surface area contributed by atoms with Gasteiger partial charge in [-0.25, -0.2) is 0 Å². The van der Waals surface area contributed by atoms with Crippen LogP contribution in [0.4, 0.5) is 0 Å². The lowest BCUT2D eigenvalue weighted by Crippen LogP contribution is -2.00. The fraction of sp³-hybridized carbons (Fsp3) is 0.500. The molecule has 1 nitrogen and oxygen atoms in total. The summed E-state index contributed by atoms with van der Waals surface area (Å²) >= 11 is 1.78. The number of nitrogens with two attached hydrogens (primary N) is 1. The summed E-state index contributed by atoms with van der Waals surface area (Å²) < 4.78 is 0. The van der Waals surface area contributed by atoms with Gasteiger partial charge in [-0.1, -0.05) is 0 Å². The quantitative estimate of drug-likeness (QED) is 0.655. The van der Waals surface area contributed by atoms with Gasteiger partial charge in [-0.15, -0.1) is 0 Å². The zero-order valence-corrected chi connectivity index (χ0v) is 6.82. The van der Waals surface area contributed by atoms with Crippen LogP contribution in [0.25, 0.3) is 0 Å². The highest BCUT2D eigenvalue weighted by Gasteiger charge is 2.35. The summed E-state index contributed by atoms with van der Waals surface area (Å²) in [4.78, 5) is 0. The minimum atomic E-state index is 0.452. The molecule has 0 unspecified atom stereocenters. The van der Waals surface area contributed by atoms with Crippen molar-refractivity contribution in [1.82, 2.24) is 0 Å². The molecule has 0 saturated heterocycles. The highest BCUT2D eigenvalue weighted by atomic mass is 32.1. The minimum Gasteiger partial charge on any atom is -0.327 e. The molecule has 0 bridgehead atoms. The van der Waals surface area contributed by atoms with Gasteiger partial charge in [0, 0.05) is 12.0 Å². The van der Waals surface area contributed by atoms with E-state index in [1.54, 1.807) is 11.3 Å². The van der Waals surface area contributed by atoms with Crippen molar-refractivity contribution in [3.8, 4) is 0 Å². The Labute approximate surface area is 64.9 Å². The number of hydrogen-bond acceptors (Lipinski definition) is 2. The maximum absolute atomic E-state index is 5.73. The van der Waals surface area contributed by atoms with Gasteiger partial charge in [-0.3, -0.25) is 0 Å². The predicted octanol–water partition coefficient (Wildman–Crippen LogP) is 1.87. The van der Waals surface area contributed by atoms with Crippen LogP contribution in [0.2, 0.25) is 0 Å². The number of thiophene rings is 1. The zero-order valence-electron chi connectivity index (χ0n) is 6.00. The van der Waals surface area contributed by atoms with E-state index in [1.165, 1.54) is 17.5 Å². The van der Waals surface area contributed by atoms with E-state index in [1.807, 2.05) is 0 Å². The van der Waals surface area contributed by atoms with E-state index in [2.05, 4.69) is 17.7 Å². The molecule has 1 heterocycles. The van der Waals surface area contributed by atoms with Gasteiger partial charge >= 0.3 is 0 Å². The van der Waals surface area contributed by atoms with E-state index < -0.39 is 0 Å². The standard InChI is InChI=1S/C8H11NS/c1-5-3-10-4-7(5)6-2-8(6)9/h3-4,6,8H,2,9H2,1H3/t6-,8+/m0/s1. The molecule has 1 aliphatic rings. The fourth-order valence-corrected chi connectivity index (χ4v) is 2.24. The van der Waals surface area contributed by atoms with Gasteiger partial charge < -0.3 is 5.73 Å². The molecule has 0 spiro atoms. The molecule has 1 aromatic rings. The van der Waals surface area contributed by atoms with E-state index in [-0.39, 0.29) is 0 Å². The van der Waals surface area contributed by atoms with Gasteiger partial charge in [0.25, 0.3) is 0 Å². The molecule has 1 aromatic heterocycles. The lowest BCUT2D eigenvalue weighted by atomic mass is 10.1. The smallest absolute Gasteiger partial charge is 0.0115 e. The van der Waals surface area contributed by atoms with Crippen LogP contribution in [0.15, 0.2) is 10.8 Å². The zero-order chi connectivity index (χ0) is 7.14. The Morgan fingerprint density at radius 3 is 2.70 bits per heavy atom. The summed E-state index contributed by atoms with van der Waals surface area (Å²) in [6, 6.07) is 0.452. The van der Waals surface area contributed by atoms with Crippen molar-refractivity contribution in [3.63, 3.8) is 0 Å². The lowest BCUT2D eigenvalue weighted by Gasteiger charge is -1.93. The molecule has 0 amide bonds. The Hall–Kier alpha value is -0.340. The Morgan fingerprint density at radius 1 is 1.60 bits per heavy atom. The van der Waals surface area contributed by atoms with Crippen molar-refractivity contribution in [2.75, 3.05) is 0 Å². The number of aryl methyl sites for hydroxylation is 1. The first-order valence-electron chi connectivity index (χ1n) is 3.57. The average Bonchev–Trinajstić information content (AvgIpc) is 2.42. The lowest BCUT2D eigenvalue weighted by molar-refractivity contribution is 0.987. The Bertz CT molecular complexity index is 241. The Kier molecular flexibility index (Phi) is 1.32. The van der Waals surface area contributed by atoms with Crippen LogP contribution in [0, 0.1) is 6.92 Å². The topological polar surface area (TPSA) is 26.0 Å². The largest absolute Gasteiger partial charge is 0.327 e. The van der Waals surface area contributed by atoms with Gasteiger partial charge in [0.05, 0.1) is 0 Å². The second-order valence-electron chi connectivity index (χ2n) is 3.02. The summed E-state index contributed by atoms with van der Waals surface area (Å²) in [5.41, 5.74) is 8.63. The van der Waals surface area contributed by atoms with Gasteiger partial charge in [0.15, 0.2) is 0 Å². The second kappa shape index (κ2) is 2.07. The summed E-state index contributed by atoms with van der Waals surface area (Å²) in [6.07, 6.45) is 1.19. The van der Waals surface area contributed by atoms with Crippen LogP contribution in [0.1, 0.15) is 23.5 Å². The fourth-order valence-electron chi connectivity index (χ4n) is 1.32. The van der Waals surface area contributed by atoms with Gasteiger partial charge in [-0.2, -0.15) is 11.3 Å². The van der Waals surface area contributed by atoms with Gasteiger partial charge in [0.2, 0.25) is 0 Å². The molecule has 0 radical (unpaired) electrons. The van der Waals surface area contributed by atoms with Crippen LogP contribution in [0.5, 0.6) is 0 Å². The molecule has 1 fully saturated rings. The van der Waals surface area contributed by atoms with Crippen molar-refractivity contribution in [1.29, 1.82) is 0 Å². The summed E-state index contributed by atoms with van der Waals surface area (Å²) in [5.74, 6) is 0.686. The van der Waals surface area contributed by atoms with E-state index in [9.17, 15) is 0 Å². The van der Waals surface area contributed by atoms with Crippen molar-refractivity contribution in [2.24, 2.45) is 5.73 Å². The molecule has 10 heavy (non-hydrogen) atoms. The Morgan fingerprint density at radius 2 is 2.30 bits per heavy atom. The number of hydrogen-bond donors (Lipinski definition) is 1. The first-order valence-corrected chi connectivity index (χ1v) is 4.51. The number of rotatable bonds is 1. The van der Waals surface area contributed by atoms with E-state index >= 15 is 0 Å².